The third kappa shape index (κ3) is 2.81. The van der Waals surface area contributed by atoms with Crippen LogP contribution in [0.1, 0.15) is 23.7 Å². The molecule has 0 saturated heterocycles. The first-order valence-corrected chi connectivity index (χ1v) is 5.95. The van der Waals surface area contributed by atoms with Gasteiger partial charge in [-0.05, 0) is 24.6 Å². The van der Waals surface area contributed by atoms with Crippen LogP contribution in [-0.4, -0.2) is 28.5 Å². The Bertz CT molecular complexity index is 555. The lowest BCUT2D eigenvalue weighted by Gasteiger charge is -2.10. The number of amides is 1. The van der Waals surface area contributed by atoms with E-state index < -0.39 is 0 Å². The number of fused-ring (bicyclic) bond motifs is 1. The van der Waals surface area contributed by atoms with E-state index in [9.17, 15) is 4.79 Å². The van der Waals surface area contributed by atoms with Gasteiger partial charge in [-0.2, -0.15) is 0 Å². The van der Waals surface area contributed by atoms with Gasteiger partial charge in [0.25, 0.3) is 5.91 Å². The van der Waals surface area contributed by atoms with E-state index in [1.54, 1.807) is 12.3 Å². The van der Waals surface area contributed by atoms with Gasteiger partial charge in [-0.1, -0.05) is 6.92 Å². The monoisotopic (exact) mass is 244 g/mol. The van der Waals surface area contributed by atoms with Crippen LogP contribution in [0.25, 0.3) is 11.0 Å². The summed E-state index contributed by atoms with van der Waals surface area (Å²) in [7, 11) is 0. The second-order valence-electron chi connectivity index (χ2n) is 4.15. The first-order chi connectivity index (χ1) is 8.70. The van der Waals surface area contributed by atoms with Gasteiger partial charge in [0.2, 0.25) is 0 Å². The maximum absolute atomic E-state index is 11.9. The zero-order valence-electron chi connectivity index (χ0n) is 10.3. The number of nitrogens with two attached hydrogens (primary N) is 1. The van der Waals surface area contributed by atoms with Crippen LogP contribution >= 0.6 is 0 Å². The van der Waals surface area contributed by atoms with Crippen LogP contribution in [0.3, 0.4) is 0 Å². The lowest BCUT2D eigenvalue weighted by molar-refractivity contribution is 0.0951. The zero-order valence-corrected chi connectivity index (χ0v) is 10.3. The zero-order chi connectivity index (χ0) is 13.0. The summed E-state index contributed by atoms with van der Waals surface area (Å²) in [6, 6.07) is 5.47. The van der Waals surface area contributed by atoms with Gasteiger partial charge in [0.1, 0.15) is 0 Å². The van der Waals surface area contributed by atoms with E-state index >= 15 is 0 Å². The predicted octanol–water partition coefficient (Wildman–Crippen LogP) is 1.10. The molecule has 0 bridgehead atoms. The second kappa shape index (κ2) is 5.55. The van der Waals surface area contributed by atoms with Gasteiger partial charge in [0.05, 0.1) is 5.56 Å². The summed E-state index contributed by atoms with van der Waals surface area (Å²) in [4.78, 5) is 20.1. The van der Waals surface area contributed by atoms with Crippen LogP contribution in [0, 0.1) is 0 Å². The minimum atomic E-state index is -0.155. The first kappa shape index (κ1) is 12.4. The standard InChI is InChI=1S/C13H16N4O/c1-2-11(14)8-17-13(18)10-6-9-4-3-5-15-12(9)16-7-10/h3-7,11H,2,8,14H2,1H3,(H,17,18). The molecule has 5 heteroatoms. The molecule has 0 radical (unpaired) electrons. The van der Waals surface area contributed by atoms with Gasteiger partial charge in [0, 0.05) is 30.4 Å². The molecular formula is C13H16N4O. The molecule has 0 aliphatic heterocycles. The Hall–Kier alpha value is -2.01. The quantitative estimate of drug-likeness (QED) is 0.843. The van der Waals surface area contributed by atoms with Crippen molar-refractivity contribution in [3.8, 4) is 0 Å². The molecule has 0 spiro atoms. The van der Waals surface area contributed by atoms with E-state index in [-0.39, 0.29) is 11.9 Å². The minimum absolute atomic E-state index is 0.0102. The van der Waals surface area contributed by atoms with Crippen LogP contribution < -0.4 is 11.1 Å². The molecule has 2 aromatic heterocycles. The summed E-state index contributed by atoms with van der Waals surface area (Å²) in [5.74, 6) is -0.155. The van der Waals surface area contributed by atoms with E-state index in [2.05, 4.69) is 15.3 Å². The molecule has 0 saturated carbocycles. The van der Waals surface area contributed by atoms with Crippen molar-refractivity contribution in [2.75, 3.05) is 6.54 Å². The second-order valence-corrected chi connectivity index (χ2v) is 4.15. The van der Waals surface area contributed by atoms with E-state index in [0.717, 1.165) is 11.8 Å². The summed E-state index contributed by atoms with van der Waals surface area (Å²) in [5.41, 5.74) is 6.91. The number of nitrogens with zero attached hydrogens (tertiary/aromatic N) is 2. The Morgan fingerprint density at radius 3 is 3.11 bits per heavy atom. The fourth-order valence-corrected chi connectivity index (χ4v) is 1.56. The van der Waals surface area contributed by atoms with Gasteiger partial charge in [-0.3, -0.25) is 4.79 Å². The highest BCUT2D eigenvalue weighted by molar-refractivity contribution is 5.96. The minimum Gasteiger partial charge on any atom is -0.350 e. The lowest BCUT2D eigenvalue weighted by Crippen LogP contribution is -2.36. The van der Waals surface area contributed by atoms with Crippen LogP contribution in [0.15, 0.2) is 30.6 Å². The molecule has 1 amide bonds. The van der Waals surface area contributed by atoms with Crippen LogP contribution in [-0.2, 0) is 0 Å². The Kier molecular flexibility index (Phi) is 3.84. The number of carbonyl (C=O) groups excluding carboxylic acids is 1. The maximum atomic E-state index is 11.9. The number of aromatic nitrogens is 2. The molecule has 3 N–H and O–H groups in total. The predicted molar refractivity (Wildman–Crippen MR) is 70.1 cm³/mol. The number of hydrogen-bond donors (Lipinski definition) is 2. The van der Waals surface area contributed by atoms with Gasteiger partial charge in [-0.15, -0.1) is 0 Å². The Morgan fingerprint density at radius 1 is 1.50 bits per heavy atom. The highest BCUT2D eigenvalue weighted by atomic mass is 16.1. The van der Waals surface area contributed by atoms with E-state index in [1.807, 2.05) is 19.1 Å². The molecule has 1 atom stereocenters. The van der Waals surface area contributed by atoms with Crippen molar-refractivity contribution in [2.24, 2.45) is 5.73 Å². The lowest BCUT2D eigenvalue weighted by atomic mass is 10.2. The Labute approximate surface area is 105 Å². The number of carbonyl (C=O) groups is 1. The summed E-state index contributed by atoms with van der Waals surface area (Å²) >= 11 is 0. The molecule has 0 aliphatic carbocycles. The van der Waals surface area contributed by atoms with Gasteiger partial charge < -0.3 is 11.1 Å². The summed E-state index contributed by atoms with van der Waals surface area (Å²) in [6.07, 6.45) is 4.04. The molecule has 94 valence electrons. The largest absolute Gasteiger partial charge is 0.350 e. The van der Waals surface area contributed by atoms with Crippen molar-refractivity contribution in [3.05, 3.63) is 36.2 Å². The SMILES string of the molecule is CCC(N)CNC(=O)c1cnc2ncccc2c1. The smallest absolute Gasteiger partial charge is 0.252 e. The summed E-state index contributed by atoms with van der Waals surface area (Å²) < 4.78 is 0. The number of rotatable bonds is 4. The van der Waals surface area contributed by atoms with Crippen molar-refractivity contribution >= 4 is 16.9 Å². The van der Waals surface area contributed by atoms with Crippen molar-refractivity contribution in [1.29, 1.82) is 0 Å². The number of nitrogens with one attached hydrogen (secondary N) is 1. The third-order valence-electron chi connectivity index (χ3n) is 2.77. The van der Waals surface area contributed by atoms with E-state index in [1.165, 1.54) is 6.20 Å². The van der Waals surface area contributed by atoms with Crippen LogP contribution in [0.2, 0.25) is 0 Å². The molecule has 0 aliphatic rings. The highest BCUT2D eigenvalue weighted by Crippen LogP contribution is 2.10. The van der Waals surface area contributed by atoms with Crippen molar-refractivity contribution < 1.29 is 4.79 Å². The Balaban J connectivity index is 2.13. The van der Waals surface area contributed by atoms with Gasteiger partial charge >= 0.3 is 0 Å². The topological polar surface area (TPSA) is 80.9 Å². The molecular weight excluding hydrogens is 228 g/mol. The molecule has 18 heavy (non-hydrogen) atoms. The highest BCUT2D eigenvalue weighted by Gasteiger charge is 2.08. The van der Waals surface area contributed by atoms with Crippen LogP contribution in [0.4, 0.5) is 0 Å². The molecule has 0 fully saturated rings. The molecule has 2 heterocycles. The summed E-state index contributed by atoms with van der Waals surface area (Å²) in [6.45, 7) is 2.46. The number of pyridine rings is 2. The third-order valence-corrected chi connectivity index (χ3v) is 2.77. The fourth-order valence-electron chi connectivity index (χ4n) is 1.56. The van der Waals surface area contributed by atoms with Gasteiger partial charge in [-0.25, -0.2) is 9.97 Å². The van der Waals surface area contributed by atoms with Gasteiger partial charge in [0.15, 0.2) is 5.65 Å². The summed E-state index contributed by atoms with van der Waals surface area (Å²) in [5, 5.41) is 3.64. The maximum Gasteiger partial charge on any atom is 0.252 e. The molecule has 2 aromatic rings. The fraction of sp³-hybridized carbons (Fsp3) is 0.308. The van der Waals surface area contributed by atoms with Crippen molar-refractivity contribution in [2.45, 2.75) is 19.4 Å². The molecule has 1 unspecified atom stereocenters. The average Bonchev–Trinajstić information content (AvgIpc) is 2.43. The van der Waals surface area contributed by atoms with Crippen LogP contribution in [0.5, 0.6) is 0 Å². The van der Waals surface area contributed by atoms with E-state index in [4.69, 9.17) is 5.73 Å². The first-order valence-electron chi connectivity index (χ1n) is 5.95. The Morgan fingerprint density at radius 2 is 2.33 bits per heavy atom. The van der Waals surface area contributed by atoms with Crippen molar-refractivity contribution in [1.82, 2.24) is 15.3 Å². The molecule has 0 aromatic carbocycles. The van der Waals surface area contributed by atoms with Crippen molar-refractivity contribution in [3.63, 3.8) is 0 Å². The molecule has 2 rings (SSSR count). The van der Waals surface area contributed by atoms with E-state index in [0.29, 0.717) is 17.8 Å². The normalized spacial score (nSPS) is 12.3. The molecule has 5 nitrogen and oxygen atoms in total. The average molecular weight is 244 g/mol. The number of hydrogen-bond acceptors (Lipinski definition) is 4.